The maximum Gasteiger partial charge on any atom is 0.407 e. The summed E-state index contributed by atoms with van der Waals surface area (Å²) in [6.07, 6.45) is 4.27. The molecule has 8 aliphatic rings. The smallest absolute Gasteiger partial charge is 0.407 e. The van der Waals surface area contributed by atoms with Crippen molar-refractivity contribution in [3.63, 3.8) is 0 Å². The molecule has 9 unspecified atom stereocenters. The fraction of sp³-hybridized carbons (Fsp3) is 0.622. The topological polar surface area (TPSA) is 159 Å². The highest BCUT2D eigenvalue weighted by molar-refractivity contribution is 6.06. The molecule has 13 nitrogen and oxygen atoms in total. The monoisotopic (exact) mass is 704 g/mol. The number of aliphatic hydroxyl groups is 1. The van der Waals surface area contributed by atoms with Gasteiger partial charge in [0.15, 0.2) is 5.60 Å². The number of carbonyl (C=O) groups excluding carboxylic acids is 2. The van der Waals surface area contributed by atoms with Gasteiger partial charge in [-0.2, -0.15) is 9.78 Å². The molecular formula is C37H41FN4O9. The zero-order valence-corrected chi connectivity index (χ0v) is 28.6. The Morgan fingerprint density at radius 2 is 2.08 bits per heavy atom. The van der Waals surface area contributed by atoms with E-state index in [-0.39, 0.29) is 59.8 Å². The molecule has 2 saturated carbocycles. The molecule has 2 aromatic rings. The maximum absolute atomic E-state index is 15.3. The third-order valence-electron chi connectivity index (χ3n) is 13.1. The van der Waals surface area contributed by atoms with Gasteiger partial charge < -0.3 is 34.5 Å². The molecule has 2 bridgehead atoms. The number of pyridine rings is 1. The Kier molecular flexibility index (Phi) is 6.85. The Hall–Kier alpha value is -3.69. The third kappa shape index (κ3) is 4.49. The first kappa shape index (κ1) is 32.0. The number of benzene rings is 1. The van der Waals surface area contributed by atoms with E-state index >= 15 is 4.39 Å². The Morgan fingerprint density at radius 1 is 1.22 bits per heavy atom. The molecule has 3 aliphatic carbocycles. The summed E-state index contributed by atoms with van der Waals surface area (Å²) in [6.45, 7) is 4.29. The Balaban J connectivity index is 0.939. The molecule has 10 rings (SSSR count). The van der Waals surface area contributed by atoms with Crippen LogP contribution >= 0.6 is 0 Å². The van der Waals surface area contributed by atoms with Crippen LogP contribution in [-0.2, 0) is 54.0 Å². The number of ether oxygens (including phenoxy) is 3. The van der Waals surface area contributed by atoms with Gasteiger partial charge in [0.05, 0.1) is 22.7 Å². The van der Waals surface area contributed by atoms with E-state index < -0.39 is 41.4 Å². The van der Waals surface area contributed by atoms with E-state index in [1.807, 2.05) is 0 Å². The Bertz CT molecular complexity index is 2000. The van der Waals surface area contributed by atoms with Crippen molar-refractivity contribution in [2.45, 2.75) is 126 Å². The van der Waals surface area contributed by atoms with E-state index in [0.717, 1.165) is 36.9 Å². The summed E-state index contributed by atoms with van der Waals surface area (Å²) in [7, 11) is 0. The van der Waals surface area contributed by atoms with Crippen molar-refractivity contribution < 1.29 is 43.1 Å². The van der Waals surface area contributed by atoms with Crippen LogP contribution in [0.2, 0.25) is 0 Å². The number of amides is 1. The van der Waals surface area contributed by atoms with Gasteiger partial charge in [0.25, 0.3) is 5.56 Å². The van der Waals surface area contributed by atoms with Crippen LogP contribution in [0.25, 0.3) is 0 Å². The summed E-state index contributed by atoms with van der Waals surface area (Å²) >= 11 is 0. The summed E-state index contributed by atoms with van der Waals surface area (Å²) in [5, 5.41) is 18.0. The summed E-state index contributed by atoms with van der Waals surface area (Å²) in [6, 6.07) is 3.05. The minimum Gasteiger partial charge on any atom is -0.458 e. The molecule has 3 N–H and O–H groups in total. The van der Waals surface area contributed by atoms with Crippen LogP contribution in [-0.4, -0.2) is 63.8 Å². The molecule has 1 amide bonds. The number of aliphatic imine (C=N–C) groups is 1. The number of hydrogen-bond acceptors (Lipinski definition) is 11. The number of esters is 1. The molecule has 51 heavy (non-hydrogen) atoms. The molecule has 270 valence electrons. The molecule has 4 fully saturated rings. The number of cyclic esters (lactones) is 1. The van der Waals surface area contributed by atoms with Gasteiger partial charge >= 0.3 is 12.1 Å². The molecule has 14 heteroatoms. The van der Waals surface area contributed by atoms with Crippen LogP contribution in [0.3, 0.4) is 0 Å². The Labute approximate surface area is 292 Å². The standard InChI is InChI=1S/C37H41FN4O9/c1-3-36(46)24-10-28-31-22(15-42(28)32(43)23(24)16-47-33(36)44)30-26(7-6-21-17(2)25(38)11-27(40-31)29(21)30)41-34(45)48-20-5-4-8-35(13-20)49-37(51-50-35)12-19-9-18(37)14-39-19/h10-11,18-20,22,26,30,39,46H,3-9,12-16H2,1-2H3,(H,41,45). The third-order valence-corrected chi connectivity index (χ3v) is 13.1. The maximum atomic E-state index is 15.3. The van der Waals surface area contributed by atoms with Crippen molar-refractivity contribution in [2.75, 3.05) is 6.54 Å². The first-order chi connectivity index (χ1) is 24.5. The normalized spacial score (nSPS) is 38.2. The molecule has 5 aliphatic heterocycles. The van der Waals surface area contributed by atoms with Crippen LogP contribution < -0.4 is 16.2 Å². The number of rotatable bonds is 3. The van der Waals surface area contributed by atoms with Crippen molar-refractivity contribution in [1.82, 2.24) is 15.2 Å². The number of aromatic nitrogens is 1. The number of halogens is 1. The molecule has 9 atom stereocenters. The average Bonchev–Trinajstić information content (AvgIpc) is 3.89. The van der Waals surface area contributed by atoms with Crippen molar-refractivity contribution in [3.8, 4) is 0 Å². The molecule has 0 radical (unpaired) electrons. The van der Waals surface area contributed by atoms with E-state index in [2.05, 4.69) is 10.6 Å². The quantitative estimate of drug-likeness (QED) is 0.319. The number of hydrogen-bond donors (Lipinski definition) is 3. The summed E-state index contributed by atoms with van der Waals surface area (Å²) < 4.78 is 34.8. The Morgan fingerprint density at radius 3 is 2.86 bits per heavy atom. The predicted molar refractivity (Wildman–Crippen MR) is 175 cm³/mol. The number of alkyl carbamates (subject to hydrolysis) is 1. The highest BCUT2D eigenvalue weighted by Crippen LogP contribution is 2.54. The minimum absolute atomic E-state index is 0.0256. The number of piperidine rings is 1. The van der Waals surface area contributed by atoms with Gasteiger partial charge in [-0.3, -0.25) is 9.79 Å². The van der Waals surface area contributed by atoms with Crippen molar-refractivity contribution in [2.24, 2.45) is 16.8 Å². The average molecular weight is 705 g/mol. The summed E-state index contributed by atoms with van der Waals surface area (Å²) in [4.78, 5) is 57.2. The molecular weight excluding hydrogens is 663 g/mol. The summed E-state index contributed by atoms with van der Waals surface area (Å²) in [5.74, 6) is -3.31. The SMILES string of the molecule is CCC1(O)C(=O)OCc2c1cc1n(c2=O)CC2C1=Nc1cc(F)c(C)c3c1C2C(NC(=O)OC1CCCC2(C1)OOC1(CC4CC1CN4)O2)CC3. The highest BCUT2D eigenvalue weighted by Gasteiger charge is 2.64. The van der Waals surface area contributed by atoms with Crippen LogP contribution in [0.15, 0.2) is 21.9 Å². The minimum atomic E-state index is -1.96. The van der Waals surface area contributed by atoms with Crippen LogP contribution in [0.1, 0.15) is 97.7 Å². The van der Waals surface area contributed by atoms with Gasteiger partial charge in [0.1, 0.15) is 18.5 Å². The number of nitrogens with one attached hydrogen (secondary N) is 2. The van der Waals surface area contributed by atoms with Gasteiger partial charge in [-0.25, -0.2) is 14.0 Å². The second-order valence-corrected chi connectivity index (χ2v) is 15.8. The lowest BCUT2D eigenvalue weighted by Gasteiger charge is -2.41. The molecule has 1 aromatic heterocycles. The van der Waals surface area contributed by atoms with Crippen molar-refractivity contribution >= 4 is 23.5 Å². The zero-order chi connectivity index (χ0) is 35.0. The van der Waals surface area contributed by atoms with Gasteiger partial charge in [-0.05, 0) is 68.2 Å². The molecule has 6 heterocycles. The number of fused-ring (bicyclic) bond motifs is 8. The second kappa shape index (κ2) is 10.9. The van der Waals surface area contributed by atoms with Gasteiger partial charge in [-0.1, -0.05) is 6.92 Å². The van der Waals surface area contributed by atoms with E-state index in [9.17, 15) is 19.5 Å². The largest absolute Gasteiger partial charge is 0.458 e. The fourth-order valence-electron chi connectivity index (χ4n) is 10.5. The number of carbonyl (C=O) groups is 2. The zero-order valence-electron chi connectivity index (χ0n) is 28.6. The van der Waals surface area contributed by atoms with Gasteiger partial charge in [0, 0.05) is 73.8 Å². The van der Waals surface area contributed by atoms with E-state index in [1.165, 1.54) is 6.07 Å². The second-order valence-electron chi connectivity index (χ2n) is 15.8. The van der Waals surface area contributed by atoms with E-state index in [1.54, 1.807) is 24.5 Å². The van der Waals surface area contributed by atoms with Gasteiger partial charge in [-0.15, -0.1) is 0 Å². The fourth-order valence-corrected chi connectivity index (χ4v) is 10.5. The first-order valence-electron chi connectivity index (χ1n) is 18.4. The molecule has 1 aromatic carbocycles. The van der Waals surface area contributed by atoms with Crippen LogP contribution in [0.4, 0.5) is 14.9 Å². The predicted octanol–water partition coefficient (Wildman–Crippen LogP) is 3.53. The lowest BCUT2D eigenvalue weighted by atomic mass is 9.68. The van der Waals surface area contributed by atoms with E-state index in [0.29, 0.717) is 60.8 Å². The van der Waals surface area contributed by atoms with E-state index in [4.69, 9.17) is 29.0 Å². The number of nitrogens with zero attached hydrogens (tertiary/aromatic N) is 2. The van der Waals surface area contributed by atoms with Gasteiger partial charge in [0.2, 0.25) is 11.6 Å². The molecule has 2 saturated heterocycles. The lowest BCUT2D eigenvalue weighted by molar-refractivity contribution is -0.362. The first-order valence-corrected chi connectivity index (χ1v) is 18.4. The highest BCUT2D eigenvalue weighted by atomic mass is 19.1. The summed E-state index contributed by atoms with van der Waals surface area (Å²) in [5.41, 5.74) is 1.94. The van der Waals surface area contributed by atoms with Crippen molar-refractivity contribution in [1.29, 1.82) is 0 Å². The van der Waals surface area contributed by atoms with Crippen molar-refractivity contribution in [3.05, 3.63) is 61.8 Å². The molecule has 2 spiro atoms. The lowest BCUT2D eigenvalue weighted by Crippen LogP contribution is -2.49. The van der Waals surface area contributed by atoms with Crippen LogP contribution in [0.5, 0.6) is 0 Å². The van der Waals surface area contributed by atoms with Crippen LogP contribution in [0, 0.1) is 24.6 Å².